The lowest BCUT2D eigenvalue weighted by atomic mass is 10.2. The van der Waals surface area contributed by atoms with Gasteiger partial charge < -0.3 is 4.74 Å². The highest BCUT2D eigenvalue weighted by molar-refractivity contribution is 7.98. The fourth-order valence-electron chi connectivity index (χ4n) is 3.04. The van der Waals surface area contributed by atoms with Crippen molar-refractivity contribution in [1.82, 2.24) is 29.8 Å². The summed E-state index contributed by atoms with van der Waals surface area (Å²) in [7, 11) is 1.62. The first-order valence-electron chi connectivity index (χ1n) is 9.35. The Balaban J connectivity index is 1.37. The monoisotopic (exact) mass is 448 g/mol. The number of benzene rings is 2. The number of hydrogen-bond acceptors (Lipinski definition) is 8. The van der Waals surface area contributed by atoms with E-state index in [0.717, 1.165) is 21.9 Å². The number of hydrogen-bond donors (Lipinski definition) is 1. The van der Waals surface area contributed by atoms with Crippen LogP contribution in [0.15, 0.2) is 70.6 Å². The van der Waals surface area contributed by atoms with Crippen LogP contribution in [0.2, 0.25) is 0 Å². The molecule has 5 aromatic rings. The molecule has 10 heteroatoms. The molecule has 154 valence electrons. The Kier molecular flexibility index (Phi) is 5.23. The highest BCUT2D eigenvalue weighted by Crippen LogP contribution is 2.29. The molecule has 0 aliphatic heterocycles. The quantitative estimate of drug-likeness (QED) is 0.393. The molecular weight excluding hydrogens is 432 g/mol. The third-order valence-electron chi connectivity index (χ3n) is 4.49. The minimum atomic E-state index is -0.205. The zero-order valence-electron chi connectivity index (χ0n) is 16.3. The maximum atomic E-state index is 12.5. The number of aromatic nitrogens is 6. The second-order valence-corrected chi connectivity index (χ2v) is 8.41. The second kappa shape index (κ2) is 8.32. The van der Waals surface area contributed by atoms with E-state index in [0.29, 0.717) is 27.4 Å². The summed E-state index contributed by atoms with van der Waals surface area (Å²) in [6.07, 6.45) is 0. The first kappa shape index (κ1) is 19.5. The van der Waals surface area contributed by atoms with E-state index in [9.17, 15) is 4.79 Å². The molecule has 0 atom stereocenters. The molecule has 3 aromatic heterocycles. The lowest BCUT2D eigenvalue weighted by Gasteiger charge is -2.04. The molecule has 0 radical (unpaired) electrons. The summed E-state index contributed by atoms with van der Waals surface area (Å²) >= 11 is 2.79. The minimum Gasteiger partial charge on any atom is -0.496 e. The number of thioether (sulfide) groups is 1. The lowest BCUT2D eigenvalue weighted by Crippen LogP contribution is -2.15. The number of rotatable bonds is 6. The molecule has 0 bridgehead atoms. The minimum absolute atomic E-state index is 0.205. The summed E-state index contributed by atoms with van der Waals surface area (Å²) in [6, 6.07) is 18.8. The van der Waals surface area contributed by atoms with E-state index in [1.165, 1.54) is 33.7 Å². The van der Waals surface area contributed by atoms with Gasteiger partial charge in [0.2, 0.25) is 10.1 Å². The Morgan fingerprint density at radius 1 is 1.10 bits per heavy atom. The molecule has 2 aromatic carbocycles. The van der Waals surface area contributed by atoms with E-state index in [1.54, 1.807) is 7.11 Å². The number of fused-ring (bicyclic) bond motifs is 1. The van der Waals surface area contributed by atoms with Gasteiger partial charge in [-0.25, -0.2) is 9.97 Å². The number of nitrogens with zero attached hydrogens (tertiary/aromatic N) is 5. The maximum Gasteiger partial charge on any atom is 0.275 e. The van der Waals surface area contributed by atoms with Crippen molar-refractivity contribution in [3.63, 3.8) is 0 Å². The SMILES string of the molecule is COc1ccccc1-c1nc(SCc2cc(=O)n3nc(-c4ccccc4)sc3n2)n[nH]1. The number of ether oxygens (including phenoxy) is 1. The Labute approximate surface area is 185 Å². The van der Waals surface area contributed by atoms with Crippen molar-refractivity contribution in [3.8, 4) is 27.7 Å². The predicted molar refractivity (Wildman–Crippen MR) is 121 cm³/mol. The highest BCUT2D eigenvalue weighted by Gasteiger charge is 2.13. The maximum absolute atomic E-state index is 12.5. The standard InChI is InChI=1S/C21H16N6O2S2/c1-29-16-10-6-5-9-15(16)18-23-20(25-24-18)30-12-14-11-17(28)27-21(22-14)31-19(26-27)13-7-3-2-4-8-13/h2-11H,12H2,1H3,(H,23,24,25). The van der Waals surface area contributed by atoms with Crippen molar-refractivity contribution >= 4 is 28.1 Å². The second-order valence-electron chi connectivity index (χ2n) is 6.51. The normalized spacial score (nSPS) is 11.1. The largest absolute Gasteiger partial charge is 0.496 e. The van der Waals surface area contributed by atoms with E-state index in [4.69, 9.17) is 4.74 Å². The van der Waals surface area contributed by atoms with Gasteiger partial charge >= 0.3 is 0 Å². The van der Waals surface area contributed by atoms with Crippen molar-refractivity contribution in [3.05, 3.63) is 76.7 Å². The van der Waals surface area contributed by atoms with Crippen LogP contribution in [0.4, 0.5) is 0 Å². The van der Waals surface area contributed by atoms with Gasteiger partial charge in [-0.05, 0) is 12.1 Å². The number of nitrogens with one attached hydrogen (secondary N) is 1. The summed E-state index contributed by atoms with van der Waals surface area (Å²) in [5, 5.41) is 12.9. The Morgan fingerprint density at radius 3 is 2.74 bits per heavy atom. The summed E-state index contributed by atoms with van der Waals surface area (Å²) in [6.45, 7) is 0. The molecule has 0 fully saturated rings. The van der Waals surface area contributed by atoms with Crippen molar-refractivity contribution in [2.75, 3.05) is 7.11 Å². The zero-order chi connectivity index (χ0) is 21.2. The van der Waals surface area contributed by atoms with Crippen molar-refractivity contribution in [2.45, 2.75) is 10.9 Å². The topological polar surface area (TPSA) is 98.1 Å². The molecule has 0 aliphatic carbocycles. The molecule has 0 saturated heterocycles. The zero-order valence-corrected chi connectivity index (χ0v) is 18.0. The van der Waals surface area contributed by atoms with Crippen LogP contribution in [0.25, 0.3) is 26.9 Å². The molecular formula is C21H16N6O2S2. The summed E-state index contributed by atoms with van der Waals surface area (Å²) in [4.78, 5) is 22.2. The summed E-state index contributed by atoms with van der Waals surface area (Å²) in [5.74, 6) is 1.81. The van der Waals surface area contributed by atoms with Gasteiger partial charge in [-0.1, -0.05) is 65.6 Å². The van der Waals surface area contributed by atoms with E-state index >= 15 is 0 Å². The van der Waals surface area contributed by atoms with Crippen LogP contribution in [-0.4, -0.2) is 36.9 Å². The molecule has 0 amide bonds. The Bertz CT molecular complexity index is 1410. The van der Waals surface area contributed by atoms with Crippen LogP contribution >= 0.6 is 23.1 Å². The highest BCUT2D eigenvalue weighted by atomic mass is 32.2. The number of para-hydroxylation sites is 1. The average Bonchev–Trinajstić information content (AvgIpc) is 3.46. The fourth-order valence-corrected chi connectivity index (χ4v) is 4.66. The van der Waals surface area contributed by atoms with Gasteiger partial charge in [-0.15, -0.1) is 5.10 Å². The van der Waals surface area contributed by atoms with Gasteiger partial charge in [0.15, 0.2) is 5.82 Å². The van der Waals surface area contributed by atoms with Gasteiger partial charge in [0.05, 0.1) is 18.4 Å². The average molecular weight is 449 g/mol. The Morgan fingerprint density at radius 2 is 1.90 bits per heavy atom. The van der Waals surface area contributed by atoms with Crippen LogP contribution < -0.4 is 10.3 Å². The number of methoxy groups -OCH3 is 1. The lowest BCUT2D eigenvalue weighted by molar-refractivity contribution is 0.416. The Hall–Kier alpha value is -3.50. The first-order valence-corrected chi connectivity index (χ1v) is 11.2. The first-order chi connectivity index (χ1) is 15.2. The van der Waals surface area contributed by atoms with Gasteiger partial charge in [0.1, 0.15) is 10.8 Å². The van der Waals surface area contributed by atoms with Crippen LogP contribution in [0.3, 0.4) is 0 Å². The van der Waals surface area contributed by atoms with Crippen molar-refractivity contribution in [1.29, 1.82) is 0 Å². The van der Waals surface area contributed by atoms with Gasteiger partial charge in [0, 0.05) is 17.4 Å². The summed E-state index contributed by atoms with van der Waals surface area (Å²) in [5.41, 5.74) is 2.24. The van der Waals surface area contributed by atoms with Crippen LogP contribution in [0.1, 0.15) is 5.69 Å². The van der Waals surface area contributed by atoms with Crippen LogP contribution in [-0.2, 0) is 5.75 Å². The summed E-state index contributed by atoms with van der Waals surface area (Å²) < 4.78 is 6.72. The van der Waals surface area contributed by atoms with E-state index in [2.05, 4.69) is 25.3 Å². The molecule has 0 aliphatic rings. The van der Waals surface area contributed by atoms with E-state index < -0.39 is 0 Å². The fraction of sp³-hybridized carbons (Fsp3) is 0.0952. The van der Waals surface area contributed by atoms with E-state index in [-0.39, 0.29) is 5.56 Å². The third kappa shape index (κ3) is 3.94. The molecule has 3 heterocycles. The van der Waals surface area contributed by atoms with Gasteiger partial charge in [-0.3, -0.25) is 9.89 Å². The van der Waals surface area contributed by atoms with Crippen molar-refractivity contribution < 1.29 is 4.74 Å². The number of aromatic amines is 1. The smallest absolute Gasteiger partial charge is 0.275 e. The molecule has 0 unspecified atom stereocenters. The molecule has 0 saturated carbocycles. The molecule has 0 spiro atoms. The number of H-pyrrole nitrogens is 1. The molecule has 31 heavy (non-hydrogen) atoms. The van der Waals surface area contributed by atoms with Gasteiger partial charge in [-0.2, -0.15) is 9.61 Å². The molecule has 1 N–H and O–H groups in total. The van der Waals surface area contributed by atoms with Crippen molar-refractivity contribution in [2.24, 2.45) is 0 Å². The van der Waals surface area contributed by atoms with Gasteiger partial charge in [0.25, 0.3) is 5.56 Å². The van der Waals surface area contributed by atoms with Crippen LogP contribution in [0.5, 0.6) is 5.75 Å². The third-order valence-corrected chi connectivity index (χ3v) is 6.33. The van der Waals surface area contributed by atoms with Crippen LogP contribution in [0, 0.1) is 0 Å². The predicted octanol–water partition coefficient (Wildman–Crippen LogP) is 3.90. The molecule has 5 rings (SSSR count). The molecule has 8 nitrogen and oxygen atoms in total. The van der Waals surface area contributed by atoms with E-state index in [1.807, 2.05) is 54.6 Å².